The number of carboxylic acids is 1. The summed E-state index contributed by atoms with van der Waals surface area (Å²) in [5, 5.41) is 30.8. The Morgan fingerprint density at radius 3 is 2.51 bits per heavy atom. The highest BCUT2D eigenvalue weighted by Gasteiger charge is 2.24. The largest absolute Gasteiger partial charge is 0.493 e. The molecule has 0 bridgehead atoms. The van der Waals surface area contributed by atoms with Crippen molar-refractivity contribution in [1.82, 2.24) is 25.0 Å². The molecular formula is C22H22N8O5. The fraction of sp³-hybridized carbons (Fsp3) is 0.136. The minimum atomic E-state index is -1.26. The van der Waals surface area contributed by atoms with Crippen molar-refractivity contribution < 1.29 is 19.4 Å². The molecule has 35 heavy (non-hydrogen) atoms. The van der Waals surface area contributed by atoms with Crippen LogP contribution in [0.4, 0.5) is 5.69 Å². The third kappa shape index (κ3) is 4.55. The van der Waals surface area contributed by atoms with Crippen molar-refractivity contribution in [2.45, 2.75) is 6.04 Å². The lowest BCUT2D eigenvalue weighted by atomic mass is 10.0. The molecule has 180 valence electrons. The lowest BCUT2D eigenvalue weighted by molar-refractivity contribution is 0.0696. The lowest BCUT2D eigenvalue weighted by Gasteiger charge is -2.20. The number of aromatic carboxylic acids is 1. The van der Waals surface area contributed by atoms with E-state index in [0.29, 0.717) is 28.3 Å². The lowest BCUT2D eigenvalue weighted by Crippen LogP contribution is -2.18. The summed E-state index contributed by atoms with van der Waals surface area (Å²) in [6, 6.07) is 11.4. The zero-order valence-electron chi connectivity index (χ0n) is 18.7. The van der Waals surface area contributed by atoms with Crippen molar-refractivity contribution in [1.29, 1.82) is 5.41 Å². The zero-order valence-corrected chi connectivity index (χ0v) is 18.7. The fourth-order valence-corrected chi connectivity index (χ4v) is 3.47. The molecule has 4 aromatic rings. The standard InChI is InChI=1S/C22H22N8O5/c1-34-15-8-5-12(9-16(15)35-2)17(26-13-6-3-11(4-7-13)18(23)24)19-27-22(33)30(29-19)20-14(21(31)32)10-25-28-20/h3-10,17,26H,1-2H3,(H3,23,24)(H,25,28)(H,31,32)(H,27,29,33). The number of nitrogens with two attached hydrogens (primary N) is 1. The van der Waals surface area contributed by atoms with E-state index in [9.17, 15) is 14.7 Å². The van der Waals surface area contributed by atoms with Crippen LogP contribution in [0.2, 0.25) is 0 Å². The van der Waals surface area contributed by atoms with Gasteiger partial charge in [-0.2, -0.15) is 9.78 Å². The molecule has 2 aromatic carbocycles. The van der Waals surface area contributed by atoms with Gasteiger partial charge in [-0.15, -0.1) is 5.10 Å². The highest BCUT2D eigenvalue weighted by atomic mass is 16.5. The van der Waals surface area contributed by atoms with Gasteiger partial charge in [0.2, 0.25) is 0 Å². The van der Waals surface area contributed by atoms with Crippen molar-refractivity contribution in [3.05, 3.63) is 81.7 Å². The van der Waals surface area contributed by atoms with E-state index in [4.69, 9.17) is 20.6 Å². The number of nitrogens with zero attached hydrogens (tertiary/aromatic N) is 3. The molecule has 0 amide bonds. The number of hydrogen-bond donors (Lipinski definition) is 6. The molecule has 0 spiro atoms. The smallest absolute Gasteiger partial charge is 0.349 e. The van der Waals surface area contributed by atoms with Crippen molar-refractivity contribution >= 4 is 17.5 Å². The number of benzene rings is 2. The maximum Gasteiger partial charge on any atom is 0.349 e. The van der Waals surface area contributed by atoms with Gasteiger partial charge in [0.15, 0.2) is 23.1 Å². The van der Waals surface area contributed by atoms with Crippen LogP contribution in [0.25, 0.3) is 5.82 Å². The number of carboxylic acid groups (broad SMARTS) is 1. The minimum Gasteiger partial charge on any atom is -0.493 e. The quantitative estimate of drug-likeness (QED) is 0.152. The number of H-pyrrole nitrogens is 2. The van der Waals surface area contributed by atoms with Gasteiger partial charge in [-0.05, 0) is 42.0 Å². The summed E-state index contributed by atoms with van der Waals surface area (Å²) in [6.07, 6.45) is 1.10. The van der Waals surface area contributed by atoms with E-state index >= 15 is 0 Å². The molecular weight excluding hydrogens is 456 g/mol. The topological polar surface area (TPSA) is 197 Å². The molecule has 0 aliphatic rings. The van der Waals surface area contributed by atoms with Crippen molar-refractivity contribution in [2.75, 3.05) is 19.5 Å². The SMILES string of the molecule is COc1ccc(C(Nc2ccc(C(=N)N)cc2)c2nn(-c3[nH]ncc3C(=O)O)c(=O)[nH]2)cc1OC. The van der Waals surface area contributed by atoms with Crippen LogP contribution in [0.1, 0.15) is 33.4 Å². The second-order valence-electron chi connectivity index (χ2n) is 7.35. The Balaban J connectivity index is 1.80. The second-order valence-corrected chi connectivity index (χ2v) is 7.35. The second kappa shape index (κ2) is 9.43. The summed E-state index contributed by atoms with van der Waals surface area (Å²) in [7, 11) is 3.03. The van der Waals surface area contributed by atoms with Gasteiger partial charge < -0.3 is 25.6 Å². The van der Waals surface area contributed by atoms with Crippen LogP contribution in [0, 0.1) is 5.41 Å². The van der Waals surface area contributed by atoms with Gasteiger partial charge in [-0.3, -0.25) is 15.5 Å². The molecule has 0 aliphatic heterocycles. The zero-order chi connectivity index (χ0) is 25.1. The summed E-state index contributed by atoms with van der Waals surface area (Å²) in [4.78, 5) is 26.9. The Hall–Kier alpha value is -5.07. The van der Waals surface area contributed by atoms with Crippen molar-refractivity contribution in [2.24, 2.45) is 5.73 Å². The summed E-state index contributed by atoms with van der Waals surface area (Å²) >= 11 is 0. The maximum atomic E-state index is 12.7. The highest BCUT2D eigenvalue weighted by molar-refractivity contribution is 5.95. The molecule has 1 unspecified atom stereocenters. The number of ether oxygens (including phenoxy) is 2. The Bertz CT molecular complexity index is 1440. The number of rotatable bonds is 9. The van der Waals surface area contributed by atoms with Crippen LogP contribution in [0.5, 0.6) is 11.5 Å². The molecule has 4 rings (SSSR count). The van der Waals surface area contributed by atoms with E-state index in [-0.39, 0.29) is 23.0 Å². The Labute approximate surface area is 198 Å². The third-order valence-electron chi connectivity index (χ3n) is 5.22. The number of nitrogens with one attached hydrogen (secondary N) is 4. The van der Waals surface area contributed by atoms with Crippen molar-refractivity contribution in [3.63, 3.8) is 0 Å². The van der Waals surface area contributed by atoms with Gasteiger partial charge in [0.05, 0.1) is 20.4 Å². The number of amidine groups is 1. The predicted molar refractivity (Wildman–Crippen MR) is 126 cm³/mol. The third-order valence-corrected chi connectivity index (χ3v) is 5.22. The van der Waals surface area contributed by atoms with Gasteiger partial charge in [0, 0.05) is 11.3 Å². The fourth-order valence-electron chi connectivity index (χ4n) is 3.47. The first-order valence-corrected chi connectivity index (χ1v) is 10.2. The van der Waals surface area contributed by atoms with Crippen LogP contribution in [-0.2, 0) is 0 Å². The average molecular weight is 478 g/mol. The molecule has 2 aromatic heterocycles. The van der Waals surface area contributed by atoms with E-state index in [1.165, 1.54) is 14.2 Å². The van der Waals surface area contributed by atoms with Gasteiger partial charge in [0.1, 0.15) is 17.4 Å². The van der Waals surface area contributed by atoms with Gasteiger partial charge in [-0.1, -0.05) is 6.07 Å². The monoisotopic (exact) mass is 478 g/mol. The molecule has 13 nitrogen and oxygen atoms in total. The van der Waals surface area contributed by atoms with Crippen LogP contribution >= 0.6 is 0 Å². The van der Waals surface area contributed by atoms with E-state index in [2.05, 4.69) is 25.6 Å². The molecule has 13 heteroatoms. The Kier molecular flexibility index (Phi) is 6.22. The maximum absolute atomic E-state index is 12.7. The van der Waals surface area contributed by atoms with Gasteiger partial charge in [-0.25, -0.2) is 9.59 Å². The van der Waals surface area contributed by atoms with Crippen LogP contribution in [0.15, 0.2) is 53.5 Å². The summed E-state index contributed by atoms with van der Waals surface area (Å²) in [5.74, 6) is -0.225. The minimum absolute atomic E-state index is 0.0649. The van der Waals surface area contributed by atoms with E-state index < -0.39 is 17.7 Å². The van der Waals surface area contributed by atoms with Crippen LogP contribution in [0.3, 0.4) is 0 Å². The Morgan fingerprint density at radius 2 is 1.89 bits per heavy atom. The number of aromatic amines is 2. The van der Waals surface area contributed by atoms with Crippen LogP contribution < -0.4 is 26.2 Å². The Morgan fingerprint density at radius 1 is 1.17 bits per heavy atom. The van der Waals surface area contributed by atoms with E-state index in [1.54, 1.807) is 42.5 Å². The van der Waals surface area contributed by atoms with Gasteiger partial charge >= 0.3 is 11.7 Å². The number of aromatic nitrogens is 5. The van der Waals surface area contributed by atoms with E-state index in [1.807, 2.05) is 0 Å². The molecule has 2 heterocycles. The molecule has 7 N–H and O–H groups in total. The van der Waals surface area contributed by atoms with Crippen molar-refractivity contribution in [3.8, 4) is 17.3 Å². The molecule has 0 saturated carbocycles. The molecule has 0 aliphatic carbocycles. The highest BCUT2D eigenvalue weighted by Crippen LogP contribution is 2.33. The summed E-state index contributed by atoms with van der Waals surface area (Å²) < 4.78 is 11.6. The first-order valence-electron chi connectivity index (χ1n) is 10.2. The molecule has 0 fully saturated rings. The number of methoxy groups -OCH3 is 2. The molecule has 0 radical (unpaired) electrons. The summed E-state index contributed by atoms with van der Waals surface area (Å²) in [5.41, 5.74) is 6.54. The van der Waals surface area contributed by atoms with E-state index in [0.717, 1.165) is 10.9 Å². The first-order chi connectivity index (χ1) is 16.8. The normalized spacial score (nSPS) is 11.6. The molecule has 0 saturated heterocycles. The summed E-state index contributed by atoms with van der Waals surface area (Å²) in [6.45, 7) is 0. The number of anilines is 1. The number of nitrogen functional groups attached to an aromatic ring is 1. The van der Waals surface area contributed by atoms with Gasteiger partial charge in [0.25, 0.3) is 0 Å². The first kappa shape index (κ1) is 23.1. The predicted octanol–water partition coefficient (Wildman–Crippen LogP) is 1.48. The number of carbonyl (C=O) groups is 1. The van der Waals surface area contributed by atoms with Crippen LogP contribution in [-0.4, -0.2) is 56.1 Å². The number of hydrogen-bond acceptors (Lipinski definition) is 8. The average Bonchev–Trinajstić information content (AvgIpc) is 3.49. The molecule has 1 atom stereocenters.